The molecule has 2 aromatic rings. The van der Waals surface area contributed by atoms with Crippen molar-refractivity contribution in [3.63, 3.8) is 0 Å². The van der Waals surface area contributed by atoms with Crippen molar-refractivity contribution in [2.45, 2.75) is 4.90 Å². The first-order chi connectivity index (χ1) is 10.6. The number of ketones is 1. The summed E-state index contributed by atoms with van der Waals surface area (Å²) >= 11 is 1.44. The Hall–Kier alpha value is -2.53. The molecule has 0 atom stereocenters. The first-order valence-corrected chi connectivity index (χ1v) is 7.43. The Bertz CT molecular complexity index is 780. The fraction of sp³-hybridized carbons (Fsp3) is 0.0588. The Morgan fingerprint density at radius 2 is 2.00 bits per heavy atom. The lowest BCUT2D eigenvalue weighted by molar-refractivity contribution is -0.139. The van der Waals surface area contributed by atoms with E-state index in [0.29, 0.717) is 10.7 Å². The van der Waals surface area contributed by atoms with Gasteiger partial charge in [0, 0.05) is 10.5 Å². The van der Waals surface area contributed by atoms with Gasteiger partial charge in [-0.25, -0.2) is 4.79 Å². The quantitative estimate of drug-likeness (QED) is 0.876. The predicted molar refractivity (Wildman–Crippen MR) is 84.2 cm³/mol. The van der Waals surface area contributed by atoms with E-state index in [4.69, 9.17) is 9.84 Å². The molecule has 3 rings (SSSR count). The lowest BCUT2D eigenvalue weighted by Crippen LogP contribution is -2.09. The maximum atomic E-state index is 12.3. The summed E-state index contributed by atoms with van der Waals surface area (Å²) in [7, 11) is 0. The molecule has 0 aromatic heterocycles. The van der Waals surface area contributed by atoms with Crippen LogP contribution in [0.2, 0.25) is 0 Å². The van der Waals surface area contributed by atoms with Crippen molar-refractivity contribution in [2.75, 3.05) is 6.61 Å². The summed E-state index contributed by atoms with van der Waals surface area (Å²) in [6, 6.07) is 14.5. The molecule has 1 aliphatic heterocycles. The largest absolute Gasteiger partial charge is 0.482 e. The van der Waals surface area contributed by atoms with Gasteiger partial charge in [-0.2, -0.15) is 0 Å². The lowest BCUT2D eigenvalue weighted by Gasteiger charge is -2.04. The molecular weight excluding hydrogens is 300 g/mol. The molecule has 2 aromatic carbocycles. The number of rotatable bonds is 4. The van der Waals surface area contributed by atoms with Crippen LogP contribution in [-0.4, -0.2) is 23.5 Å². The Morgan fingerprint density at radius 1 is 1.18 bits per heavy atom. The van der Waals surface area contributed by atoms with Gasteiger partial charge in [0.05, 0.1) is 4.91 Å². The normalized spacial score (nSPS) is 14.9. The second-order valence-electron chi connectivity index (χ2n) is 4.69. The van der Waals surface area contributed by atoms with E-state index in [1.54, 1.807) is 24.3 Å². The van der Waals surface area contributed by atoms with E-state index < -0.39 is 5.97 Å². The number of allylic oxidation sites excluding steroid dienone is 1. The number of Topliss-reactive ketones (excluding diaryl/α,β-unsaturated/α-hetero) is 1. The van der Waals surface area contributed by atoms with E-state index >= 15 is 0 Å². The molecule has 0 fully saturated rings. The van der Waals surface area contributed by atoms with Gasteiger partial charge < -0.3 is 9.84 Å². The Balaban J connectivity index is 1.83. The van der Waals surface area contributed by atoms with Crippen molar-refractivity contribution in [1.29, 1.82) is 0 Å². The van der Waals surface area contributed by atoms with Crippen molar-refractivity contribution in [3.8, 4) is 5.75 Å². The van der Waals surface area contributed by atoms with Gasteiger partial charge in [0.15, 0.2) is 6.61 Å². The third-order valence-electron chi connectivity index (χ3n) is 3.09. The van der Waals surface area contributed by atoms with Crippen molar-refractivity contribution < 1.29 is 19.4 Å². The first-order valence-electron chi connectivity index (χ1n) is 6.61. The smallest absolute Gasteiger partial charge is 0.341 e. The molecule has 0 saturated heterocycles. The van der Waals surface area contributed by atoms with Gasteiger partial charge in [-0.1, -0.05) is 36.0 Å². The molecule has 5 heteroatoms. The average Bonchev–Trinajstić information content (AvgIpc) is 2.82. The van der Waals surface area contributed by atoms with Crippen molar-refractivity contribution in [3.05, 3.63) is 64.6 Å². The lowest BCUT2D eigenvalue weighted by atomic mass is 10.1. The fourth-order valence-electron chi connectivity index (χ4n) is 2.13. The Morgan fingerprint density at radius 3 is 2.77 bits per heavy atom. The number of carboxylic acids is 1. The van der Waals surface area contributed by atoms with Crippen LogP contribution >= 0.6 is 11.8 Å². The number of aliphatic carboxylic acids is 1. The van der Waals surface area contributed by atoms with Crippen LogP contribution in [0.1, 0.15) is 15.9 Å². The zero-order valence-electron chi connectivity index (χ0n) is 11.5. The van der Waals surface area contributed by atoms with Gasteiger partial charge in [0.2, 0.25) is 5.78 Å². The Labute approximate surface area is 131 Å². The van der Waals surface area contributed by atoms with Gasteiger partial charge in [-0.15, -0.1) is 0 Å². The topological polar surface area (TPSA) is 63.6 Å². The Kier molecular flexibility index (Phi) is 3.98. The molecule has 0 radical (unpaired) electrons. The summed E-state index contributed by atoms with van der Waals surface area (Å²) in [4.78, 5) is 24.4. The van der Waals surface area contributed by atoms with E-state index in [0.717, 1.165) is 16.0 Å². The minimum Gasteiger partial charge on any atom is -0.482 e. The number of benzene rings is 2. The summed E-state index contributed by atoms with van der Waals surface area (Å²) in [5.41, 5.74) is 1.52. The van der Waals surface area contributed by atoms with E-state index in [1.807, 2.05) is 30.3 Å². The summed E-state index contributed by atoms with van der Waals surface area (Å²) < 4.78 is 5.14. The van der Waals surface area contributed by atoms with Crippen molar-refractivity contribution >= 4 is 29.6 Å². The molecule has 4 nitrogen and oxygen atoms in total. The summed E-state index contributed by atoms with van der Waals surface area (Å²) in [6.45, 7) is -0.390. The van der Waals surface area contributed by atoms with Gasteiger partial charge >= 0.3 is 5.97 Å². The summed E-state index contributed by atoms with van der Waals surface area (Å²) in [5, 5.41) is 8.62. The molecule has 22 heavy (non-hydrogen) atoms. The number of carboxylic acid groups (broad SMARTS) is 1. The number of fused-ring (bicyclic) bond motifs is 1. The minimum absolute atomic E-state index is 0.0115. The molecule has 1 heterocycles. The average molecular weight is 312 g/mol. The summed E-state index contributed by atoms with van der Waals surface area (Å²) in [5.74, 6) is -0.553. The number of carbonyl (C=O) groups is 2. The minimum atomic E-state index is -1.03. The van der Waals surface area contributed by atoms with Crippen molar-refractivity contribution in [1.82, 2.24) is 0 Å². The first kappa shape index (κ1) is 14.4. The van der Waals surface area contributed by atoms with E-state index in [2.05, 4.69) is 0 Å². The van der Waals surface area contributed by atoms with Crippen molar-refractivity contribution in [2.24, 2.45) is 0 Å². The van der Waals surface area contributed by atoms with Crippen LogP contribution in [0.5, 0.6) is 5.75 Å². The summed E-state index contributed by atoms with van der Waals surface area (Å²) in [6.07, 6.45) is 1.79. The molecule has 1 N–H and O–H groups in total. The molecule has 1 aliphatic rings. The molecule has 0 saturated carbocycles. The number of ether oxygens (including phenoxy) is 1. The number of hydrogen-bond donors (Lipinski definition) is 1. The monoisotopic (exact) mass is 312 g/mol. The van der Waals surface area contributed by atoms with Gasteiger partial charge in [-0.05, 0) is 35.9 Å². The molecule has 110 valence electrons. The maximum Gasteiger partial charge on any atom is 0.341 e. The van der Waals surface area contributed by atoms with E-state index in [1.165, 1.54) is 11.8 Å². The van der Waals surface area contributed by atoms with Gasteiger partial charge in [0.25, 0.3) is 0 Å². The molecule has 0 unspecified atom stereocenters. The zero-order valence-corrected chi connectivity index (χ0v) is 12.3. The number of thioether (sulfide) groups is 1. The molecule has 0 spiro atoms. The standard InChI is InChI=1S/C17H12O4S/c18-16(19)10-21-12-5-3-4-11(8-12)9-15-17(20)13-6-1-2-7-14(13)22-15/h1-9H,10H2,(H,18,19)/b15-9+. The van der Waals surface area contributed by atoms with Crippen LogP contribution in [0.25, 0.3) is 6.08 Å². The van der Waals surface area contributed by atoms with Gasteiger partial charge in [0.1, 0.15) is 5.75 Å². The fourth-order valence-corrected chi connectivity index (χ4v) is 3.18. The predicted octanol–water partition coefficient (Wildman–Crippen LogP) is 3.48. The highest BCUT2D eigenvalue weighted by atomic mass is 32.2. The second kappa shape index (κ2) is 6.07. The number of hydrogen-bond acceptors (Lipinski definition) is 4. The van der Waals surface area contributed by atoms with Crippen LogP contribution in [0.4, 0.5) is 0 Å². The third kappa shape index (κ3) is 3.04. The highest BCUT2D eigenvalue weighted by Gasteiger charge is 2.25. The molecule has 0 bridgehead atoms. The van der Waals surface area contributed by atoms with Gasteiger partial charge in [-0.3, -0.25) is 4.79 Å². The SMILES string of the molecule is O=C(O)COc1cccc(/C=C2/Sc3ccccc3C2=O)c1. The maximum absolute atomic E-state index is 12.3. The van der Waals surface area contributed by atoms with Crippen LogP contribution in [0.3, 0.4) is 0 Å². The van der Waals surface area contributed by atoms with Crippen LogP contribution in [0, 0.1) is 0 Å². The third-order valence-corrected chi connectivity index (χ3v) is 4.19. The van der Waals surface area contributed by atoms with Crippen LogP contribution < -0.4 is 4.74 Å². The molecule has 0 amide bonds. The zero-order chi connectivity index (χ0) is 15.5. The highest BCUT2D eigenvalue weighted by molar-refractivity contribution is 8.04. The molecular formula is C17H12O4S. The van der Waals surface area contributed by atoms with E-state index in [-0.39, 0.29) is 12.4 Å². The second-order valence-corrected chi connectivity index (χ2v) is 5.77. The van der Waals surface area contributed by atoms with Crippen LogP contribution in [0.15, 0.2) is 58.3 Å². The van der Waals surface area contributed by atoms with Crippen LogP contribution in [-0.2, 0) is 4.79 Å². The number of carbonyl (C=O) groups excluding carboxylic acids is 1. The van der Waals surface area contributed by atoms with E-state index in [9.17, 15) is 9.59 Å². The highest BCUT2D eigenvalue weighted by Crippen LogP contribution is 2.40. The molecule has 0 aliphatic carbocycles.